The molecule has 0 aromatic carbocycles. The Kier molecular flexibility index (Phi) is 3.15. The van der Waals surface area contributed by atoms with E-state index in [1.165, 1.54) is 0 Å². The Hall–Kier alpha value is -0.600. The topological polar surface area (TPSA) is 43.1 Å². The van der Waals surface area contributed by atoms with E-state index in [0.717, 1.165) is 6.42 Å². The van der Waals surface area contributed by atoms with Crippen molar-refractivity contribution in [2.45, 2.75) is 20.3 Å². The maximum absolute atomic E-state index is 9.77. The molecule has 0 radical (unpaired) electrons. The maximum atomic E-state index is 9.77. The molecule has 0 fully saturated rings. The third kappa shape index (κ3) is 3.59. The van der Waals surface area contributed by atoms with Gasteiger partial charge in [0, 0.05) is 10.8 Å². The zero-order valence-electron chi connectivity index (χ0n) is 5.26. The fraction of sp³-hybridized carbons (Fsp3) is 1.00. The predicted molar refractivity (Wildman–Crippen MR) is 31.3 cm³/mol. The second-order valence-electron chi connectivity index (χ2n) is 2.03. The SMILES string of the molecule is CCC(C)C[N+](=O)[O-]. The summed E-state index contributed by atoms with van der Waals surface area (Å²) in [4.78, 5) is 9.50. The first-order valence-corrected chi connectivity index (χ1v) is 2.78. The molecule has 0 aliphatic carbocycles. The molecular formula is C5H11NO2. The van der Waals surface area contributed by atoms with Gasteiger partial charge in [0.15, 0.2) is 0 Å². The normalized spacial score (nSPS) is 13.2. The molecule has 0 aliphatic rings. The van der Waals surface area contributed by atoms with Gasteiger partial charge in [0.1, 0.15) is 0 Å². The summed E-state index contributed by atoms with van der Waals surface area (Å²) in [7, 11) is 0. The van der Waals surface area contributed by atoms with Crippen LogP contribution in [0.2, 0.25) is 0 Å². The summed E-state index contributed by atoms with van der Waals surface area (Å²) in [5.74, 6) is 0.227. The minimum Gasteiger partial charge on any atom is -0.265 e. The van der Waals surface area contributed by atoms with Crippen molar-refractivity contribution in [3.8, 4) is 0 Å². The number of rotatable bonds is 3. The quantitative estimate of drug-likeness (QED) is 0.413. The molecule has 0 amide bonds. The molecule has 0 N–H and O–H groups in total. The summed E-state index contributed by atoms with van der Waals surface area (Å²) in [5.41, 5.74) is 0. The molecule has 0 aliphatic heterocycles. The van der Waals surface area contributed by atoms with E-state index in [1.54, 1.807) is 0 Å². The molecule has 0 aromatic heterocycles. The van der Waals surface area contributed by atoms with Crippen LogP contribution in [0, 0.1) is 16.0 Å². The molecule has 0 rings (SSSR count). The summed E-state index contributed by atoms with van der Waals surface area (Å²) < 4.78 is 0. The Morgan fingerprint density at radius 2 is 2.25 bits per heavy atom. The molecule has 0 heterocycles. The largest absolute Gasteiger partial charge is 0.265 e. The van der Waals surface area contributed by atoms with Crippen molar-refractivity contribution in [3.63, 3.8) is 0 Å². The minimum absolute atomic E-state index is 0.108. The number of hydrogen-bond donors (Lipinski definition) is 0. The number of nitro groups is 1. The first-order valence-electron chi connectivity index (χ1n) is 2.78. The highest BCUT2D eigenvalue weighted by atomic mass is 16.6. The van der Waals surface area contributed by atoms with Crippen LogP contribution in [0.5, 0.6) is 0 Å². The molecule has 3 nitrogen and oxygen atoms in total. The van der Waals surface area contributed by atoms with E-state index in [0.29, 0.717) is 0 Å². The van der Waals surface area contributed by atoms with Crippen LogP contribution in [-0.4, -0.2) is 11.5 Å². The van der Waals surface area contributed by atoms with Crippen molar-refractivity contribution in [1.82, 2.24) is 0 Å². The van der Waals surface area contributed by atoms with E-state index in [-0.39, 0.29) is 17.4 Å². The van der Waals surface area contributed by atoms with Gasteiger partial charge in [0.25, 0.3) is 0 Å². The lowest BCUT2D eigenvalue weighted by molar-refractivity contribution is -0.487. The van der Waals surface area contributed by atoms with Gasteiger partial charge in [0.05, 0.1) is 0 Å². The molecule has 1 unspecified atom stereocenters. The molecule has 0 saturated carbocycles. The van der Waals surface area contributed by atoms with Gasteiger partial charge in [-0.1, -0.05) is 13.8 Å². The van der Waals surface area contributed by atoms with Crippen molar-refractivity contribution in [3.05, 3.63) is 10.1 Å². The van der Waals surface area contributed by atoms with Crippen LogP contribution >= 0.6 is 0 Å². The molecular weight excluding hydrogens is 106 g/mol. The highest BCUT2D eigenvalue weighted by Gasteiger charge is 2.04. The lowest BCUT2D eigenvalue weighted by atomic mass is 10.1. The molecule has 0 bridgehead atoms. The summed E-state index contributed by atoms with van der Waals surface area (Å²) in [6.45, 7) is 3.94. The third-order valence-electron chi connectivity index (χ3n) is 1.16. The fourth-order valence-corrected chi connectivity index (χ4v) is 0.384. The van der Waals surface area contributed by atoms with E-state index >= 15 is 0 Å². The van der Waals surface area contributed by atoms with Crippen molar-refractivity contribution in [1.29, 1.82) is 0 Å². The Labute approximate surface area is 48.9 Å². The summed E-state index contributed by atoms with van der Waals surface area (Å²) >= 11 is 0. The molecule has 8 heavy (non-hydrogen) atoms. The second kappa shape index (κ2) is 3.41. The number of hydrogen-bond acceptors (Lipinski definition) is 2. The van der Waals surface area contributed by atoms with Crippen LogP contribution in [0.4, 0.5) is 0 Å². The maximum Gasteiger partial charge on any atom is 0.206 e. The van der Waals surface area contributed by atoms with Gasteiger partial charge in [-0.15, -0.1) is 0 Å². The van der Waals surface area contributed by atoms with E-state index < -0.39 is 0 Å². The first-order chi connectivity index (χ1) is 3.66. The summed E-state index contributed by atoms with van der Waals surface area (Å²) in [6, 6.07) is 0. The third-order valence-corrected chi connectivity index (χ3v) is 1.16. The second-order valence-corrected chi connectivity index (χ2v) is 2.03. The zero-order valence-corrected chi connectivity index (χ0v) is 5.26. The average molecular weight is 117 g/mol. The van der Waals surface area contributed by atoms with Crippen LogP contribution in [0.3, 0.4) is 0 Å². The molecule has 3 heteroatoms. The van der Waals surface area contributed by atoms with E-state index in [9.17, 15) is 10.1 Å². The Balaban J connectivity index is 3.24. The first kappa shape index (κ1) is 7.40. The lowest BCUT2D eigenvalue weighted by Gasteiger charge is -1.98. The van der Waals surface area contributed by atoms with Crippen LogP contribution in [0.1, 0.15) is 20.3 Å². The van der Waals surface area contributed by atoms with Crippen LogP contribution in [-0.2, 0) is 0 Å². The van der Waals surface area contributed by atoms with Crippen molar-refractivity contribution < 1.29 is 4.92 Å². The fourth-order valence-electron chi connectivity index (χ4n) is 0.384. The van der Waals surface area contributed by atoms with Gasteiger partial charge >= 0.3 is 0 Å². The lowest BCUT2D eigenvalue weighted by Crippen LogP contribution is -2.09. The predicted octanol–water partition coefficient (Wildman–Crippen LogP) is 1.31. The Bertz CT molecular complexity index is 82.5. The standard InChI is InChI=1S/C5H11NO2/c1-3-5(2)4-6(7)8/h5H,3-4H2,1-2H3. The zero-order chi connectivity index (χ0) is 6.57. The number of nitrogens with zero attached hydrogens (tertiary/aromatic N) is 1. The van der Waals surface area contributed by atoms with Crippen LogP contribution in [0.15, 0.2) is 0 Å². The van der Waals surface area contributed by atoms with E-state index in [2.05, 4.69) is 0 Å². The van der Waals surface area contributed by atoms with Gasteiger partial charge in [-0.2, -0.15) is 0 Å². The Morgan fingerprint density at radius 1 is 1.75 bits per heavy atom. The van der Waals surface area contributed by atoms with E-state index in [1.807, 2.05) is 13.8 Å². The van der Waals surface area contributed by atoms with Gasteiger partial charge in [-0.05, 0) is 6.42 Å². The highest BCUT2D eigenvalue weighted by molar-refractivity contribution is 4.43. The summed E-state index contributed by atoms with van der Waals surface area (Å²) in [5, 5.41) is 9.77. The average Bonchev–Trinajstić information content (AvgIpc) is 1.65. The molecule has 0 aromatic rings. The van der Waals surface area contributed by atoms with Gasteiger partial charge in [-0.25, -0.2) is 0 Å². The molecule has 1 atom stereocenters. The van der Waals surface area contributed by atoms with Crippen molar-refractivity contribution in [2.24, 2.45) is 5.92 Å². The smallest absolute Gasteiger partial charge is 0.206 e. The molecule has 0 saturated heterocycles. The van der Waals surface area contributed by atoms with E-state index in [4.69, 9.17) is 0 Å². The Morgan fingerprint density at radius 3 is 2.38 bits per heavy atom. The van der Waals surface area contributed by atoms with Gasteiger partial charge in [0.2, 0.25) is 6.54 Å². The van der Waals surface area contributed by atoms with Crippen molar-refractivity contribution in [2.75, 3.05) is 6.54 Å². The van der Waals surface area contributed by atoms with Gasteiger partial charge in [-0.3, -0.25) is 10.1 Å². The van der Waals surface area contributed by atoms with Crippen LogP contribution in [0.25, 0.3) is 0 Å². The molecule has 48 valence electrons. The van der Waals surface area contributed by atoms with Crippen LogP contribution < -0.4 is 0 Å². The van der Waals surface area contributed by atoms with Gasteiger partial charge < -0.3 is 0 Å². The van der Waals surface area contributed by atoms with Crippen molar-refractivity contribution >= 4 is 0 Å². The molecule has 0 spiro atoms. The highest BCUT2D eigenvalue weighted by Crippen LogP contribution is 1.98. The monoisotopic (exact) mass is 117 g/mol. The summed E-state index contributed by atoms with van der Waals surface area (Å²) in [6.07, 6.45) is 0.890. The minimum atomic E-state index is -0.270.